The molecule has 1 atom stereocenters. The molecule has 1 heterocycles. The number of nitrogens with zero attached hydrogens (tertiary/aromatic N) is 2. The van der Waals surface area contributed by atoms with Gasteiger partial charge in [0.1, 0.15) is 5.75 Å². The predicted molar refractivity (Wildman–Crippen MR) is 118 cm³/mol. The first-order chi connectivity index (χ1) is 13.8. The van der Waals surface area contributed by atoms with Gasteiger partial charge < -0.3 is 9.30 Å². The monoisotopic (exact) mass is 378 g/mol. The molecule has 2 aromatic carbocycles. The zero-order chi connectivity index (χ0) is 19.6. The lowest BCUT2D eigenvalue weighted by molar-refractivity contribution is 0.186. The van der Waals surface area contributed by atoms with Crippen molar-refractivity contribution < 1.29 is 4.74 Å². The molecule has 0 aliphatic heterocycles. The van der Waals surface area contributed by atoms with Gasteiger partial charge in [0, 0.05) is 6.54 Å². The normalized spacial score (nSPS) is 12.4. The van der Waals surface area contributed by atoms with Gasteiger partial charge in [-0.05, 0) is 37.1 Å². The largest absolute Gasteiger partial charge is 0.483 e. The van der Waals surface area contributed by atoms with Crippen molar-refractivity contribution in [3.8, 4) is 5.75 Å². The molecule has 150 valence electrons. The first-order valence-corrected chi connectivity index (χ1v) is 11.0. The van der Waals surface area contributed by atoms with Gasteiger partial charge in [-0.15, -0.1) is 0 Å². The van der Waals surface area contributed by atoms with Crippen molar-refractivity contribution in [3.05, 3.63) is 60.4 Å². The van der Waals surface area contributed by atoms with Gasteiger partial charge in [0.25, 0.3) is 0 Å². The Hall–Kier alpha value is -2.29. The Morgan fingerprint density at radius 3 is 2.25 bits per heavy atom. The Labute approximate surface area is 169 Å². The zero-order valence-electron chi connectivity index (χ0n) is 17.4. The Morgan fingerprint density at radius 1 is 0.821 bits per heavy atom. The third-order valence-corrected chi connectivity index (χ3v) is 5.35. The van der Waals surface area contributed by atoms with Crippen LogP contribution in [0.25, 0.3) is 11.0 Å². The van der Waals surface area contributed by atoms with E-state index < -0.39 is 0 Å². The highest BCUT2D eigenvalue weighted by atomic mass is 16.5. The number of imidazole rings is 1. The topological polar surface area (TPSA) is 27.1 Å². The Kier molecular flexibility index (Phi) is 7.95. The van der Waals surface area contributed by atoms with Gasteiger partial charge in [-0.1, -0.05) is 82.7 Å². The fourth-order valence-electron chi connectivity index (χ4n) is 3.78. The van der Waals surface area contributed by atoms with Crippen LogP contribution in [0.2, 0.25) is 0 Å². The van der Waals surface area contributed by atoms with Gasteiger partial charge >= 0.3 is 0 Å². The SMILES string of the molecule is CCCCCCCCCn1c(C(CC)Oc2ccccc2)nc2ccccc21. The second kappa shape index (κ2) is 10.9. The van der Waals surface area contributed by atoms with Crippen LogP contribution in [-0.2, 0) is 6.54 Å². The molecular weight excluding hydrogens is 344 g/mol. The Bertz CT molecular complexity index is 825. The third-order valence-electron chi connectivity index (χ3n) is 5.35. The molecule has 0 amide bonds. The van der Waals surface area contributed by atoms with Crippen LogP contribution in [-0.4, -0.2) is 9.55 Å². The smallest absolute Gasteiger partial charge is 0.156 e. The van der Waals surface area contributed by atoms with E-state index in [2.05, 4.69) is 42.7 Å². The molecule has 1 aromatic heterocycles. The Morgan fingerprint density at radius 2 is 1.50 bits per heavy atom. The van der Waals surface area contributed by atoms with Crippen LogP contribution in [0.3, 0.4) is 0 Å². The minimum absolute atomic E-state index is 0.0284. The quantitative estimate of drug-likeness (QED) is 0.309. The highest BCUT2D eigenvalue weighted by Gasteiger charge is 2.20. The number of aromatic nitrogens is 2. The van der Waals surface area contributed by atoms with E-state index in [4.69, 9.17) is 9.72 Å². The van der Waals surface area contributed by atoms with E-state index in [0.717, 1.165) is 30.1 Å². The number of ether oxygens (including phenoxy) is 1. The molecule has 0 saturated heterocycles. The molecule has 1 unspecified atom stereocenters. The van der Waals surface area contributed by atoms with Gasteiger partial charge in [0.05, 0.1) is 11.0 Å². The molecule has 0 bridgehead atoms. The average molecular weight is 379 g/mol. The molecule has 0 spiro atoms. The first kappa shape index (κ1) is 20.4. The summed E-state index contributed by atoms with van der Waals surface area (Å²) >= 11 is 0. The molecule has 0 N–H and O–H groups in total. The van der Waals surface area contributed by atoms with Crippen molar-refractivity contribution in [1.29, 1.82) is 0 Å². The number of hydrogen-bond donors (Lipinski definition) is 0. The van der Waals surface area contributed by atoms with Crippen LogP contribution in [0.4, 0.5) is 0 Å². The van der Waals surface area contributed by atoms with E-state index in [1.807, 2.05) is 30.3 Å². The molecule has 3 heteroatoms. The van der Waals surface area contributed by atoms with Crippen molar-refractivity contribution in [2.75, 3.05) is 0 Å². The summed E-state index contributed by atoms with van der Waals surface area (Å²) in [5.41, 5.74) is 2.29. The zero-order valence-corrected chi connectivity index (χ0v) is 17.4. The fourth-order valence-corrected chi connectivity index (χ4v) is 3.78. The van der Waals surface area contributed by atoms with E-state index in [9.17, 15) is 0 Å². The van der Waals surface area contributed by atoms with Crippen LogP contribution < -0.4 is 4.74 Å². The van der Waals surface area contributed by atoms with Gasteiger partial charge in [0.2, 0.25) is 0 Å². The van der Waals surface area contributed by atoms with Crippen molar-refractivity contribution in [3.63, 3.8) is 0 Å². The number of fused-ring (bicyclic) bond motifs is 1. The van der Waals surface area contributed by atoms with Gasteiger partial charge in [-0.3, -0.25) is 0 Å². The summed E-state index contributed by atoms with van der Waals surface area (Å²) in [6.45, 7) is 5.46. The second-order valence-electron chi connectivity index (χ2n) is 7.56. The van der Waals surface area contributed by atoms with E-state index in [1.165, 1.54) is 50.5 Å². The van der Waals surface area contributed by atoms with E-state index in [-0.39, 0.29) is 6.10 Å². The van der Waals surface area contributed by atoms with Gasteiger partial charge in [-0.2, -0.15) is 0 Å². The van der Waals surface area contributed by atoms with Gasteiger partial charge in [-0.25, -0.2) is 4.98 Å². The van der Waals surface area contributed by atoms with E-state index >= 15 is 0 Å². The summed E-state index contributed by atoms with van der Waals surface area (Å²) in [5.74, 6) is 1.96. The standard InChI is InChI=1S/C25H34N2O/c1-3-5-6-7-8-9-15-20-27-23-19-14-13-18-22(23)26-25(27)24(4-2)28-21-16-11-10-12-17-21/h10-14,16-19,24H,3-9,15,20H2,1-2H3. The summed E-state index contributed by atoms with van der Waals surface area (Å²) < 4.78 is 8.70. The number of benzene rings is 2. The molecule has 3 aromatic rings. The molecule has 3 nitrogen and oxygen atoms in total. The van der Waals surface area contributed by atoms with Crippen LogP contribution in [0.1, 0.15) is 77.1 Å². The van der Waals surface area contributed by atoms with E-state index in [1.54, 1.807) is 0 Å². The predicted octanol–water partition coefficient (Wildman–Crippen LogP) is 7.32. The summed E-state index contributed by atoms with van der Waals surface area (Å²) in [6, 6.07) is 18.6. The summed E-state index contributed by atoms with van der Waals surface area (Å²) in [4.78, 5) is 4.96. The van der Waals surface area contributed by atoms with E-state index in [0.29, 0.717) is 0 Å². The maximum Gasteiger partial charge on any atom is 0.156 e. The lowest BCUT2D eigenvalue weighted by atomic mass is 10.1. The third kappa shape index (κ3) is 5.37. The summed E-state index contributed by atoms with van der Waals surface area (Å²) in [6.07, 6.45) is 10.1. The van der Waals surface area contributed by atoms with Crippen LogP contribution >= 0.6 is 0 Å². The average Bonchev–Trinajstić information content (AvgIpc) is 3.10. The number of unbranched alkanes of at least 4 members (excludes halogenated alkanes) is 6. The maximum atomic E-state index is 6.31. The molecular formula is C25H34N2O. The first-order valence-electron chi connectivity index (χ1n) is 11.0. The van der Waals surface area contributed by atoms with Crippen molar-refractivity contribution in [1.82, 2.24) is 9.55 Å². The minimum atomic E-state index is -0.0284. The lowest BCUT2D eigenvalue weighted by Crippen LogP contribution is -2.14. The second-order valence-corrected chi connectivity index (χ2v) is 7.56. The van der Waals surface area contributed by atoms with Gasteiger partial charge in [0.15, 0.2) is 11.9 Å². The molecule has 0 fully saturated rings. The summed E-state index contributed by atoms with van der Waals surface area (Å²) in [7, 11) is 0. The molecule has 3 rings (SSSR count). The molecule has 0 aliphatic rings. The number of aryl methyl sites for hydroxylation is 1. The van der Waals surface area contributed by atoms with Crippen molar-refractivity contribution in [2.45, 2.75) is 77.9 Å². The number of rotatable bonds is 12. The van der Waals surface area contributed by atoms with Crippen LogP contribution in [0.5, 0.6) is 5.75 Å². The molecule has 28 heavy (non-hydrogen) atoms. The number of hydrogen-bond acceptors (Lipinski definition) is 2. The minimum Gasteiger partial charge on any atom is -0.483 e. The fraction of sp³-hybridized carbons (Fsp3) is 0.480. The highest BCUT2D eigenvalue weighted by Crippen LogP contribution is 2.28. The summed E-state index contributed by atoms with van der Waals surface area (Å²) in [5, 5.41) is 0. The van der Waals surface area contributed by atoms with Crippen molar-refractivity contribution in [2.24, 2.45) is 0 Å². The van der Waals surface area contributed by atoms with Crippen LogP contribution in [0, 0.1) is 0 Å². The molecule has 0 radical (unpaired) electrons. The van der Waals surface area contributed by atoms with Crippen molar-refractivity contribution >= 4 is 11.0 Å². The molecule has 0 saturated carbocycles. The Balaban J connectivity index is 1.72. The molecule has 0 aliphatic carbocycles. The van der Waals surface area contributed by atoms with Crippen LogP contribution in [0.15, 0.2) is 54.6 Å². The number of para-hydroxylation sites is 3. The highest BCUT2D eigenvalue weighted by molar-refractivity contribution is 5.76. The lowest BCUT2D eigenvalue weighted by Gasteiger charge is -2.19. The maximum absolute atomic E-state index is 6.31.